The van der Waals surface area contributed by atoms with Crippen molar-refractivity contribution in [1.82, 2.24) is 9.62 Å². The van der Waals surface area contributed by atoms with E-state index in [1.165, 1.54) is 23.5 Å². The first-order valence-electron chi connectivity index (χ1n) is 11.9. The highest BCUT2D eigenvalue weighted by Gasteiger charge is 2.27. The van der Waals surface area contributed by atoms with E-state index < -0.39 is 10.0 Å². The van der Waals surface area contributed by atoms with Crippen LogP contribution in [0, 0.1) is 5.82 Å². The summed E-state index contributed by atoms with van der Waals surface area (Å²) in [7, 11) is 0.419. The lowest BCUT2D eigenvalue weighted by atomic mass is 10.0. The molecule has 1 N–H and O–H groups in total. The molecule has 35 heavy (non-hydrogen) atoms. The topological polar surface area (TPSA) is 55.9 Å². The number of piperazine rings is 1. The van der Waals surface area contributed by atoms with E-state index in [9.17, 15) is 12.8 Å². The van der Waals surface area contributed by atoms with Gasteiger partial charge in [0.25, 0.3) is 0 Å². The molecule has 0 aliphatic carbocycles. The van der Waals surface area contributed by atoms with Crippen LogP contribution < -0.4 is 14.5 Å². The lowest BCUT2D eigenvalue weighted by Crippen LogP contribution is -2.49. The zero-order valence-electron chi connectivity index (χ0n) is 20.4. The molecule has 0 amide bonds. The van der Waals surface area contributed by atoms with Gasteiger partial charge in [-0.3, -0.25) is 4.90 Å². The predicted molar refractivity (Wildman–Crippen MR) is 143 cm³/mol. The minimum atomic E-state index is -3.58. The fraction of sp³-hybridized carbons (Fsp3) is 0.385. The predicted octanol–water partition coefficient (Wildman–Crippen LogP) is 4.36. The molecule has 2 aromatic carbocycles. The van der Waals surface area contributed by atoms with Crippen molar-refractivity contribution in [1.29, 1.82) is 0 Å². The van der Waals surface area contributed by atoms with Gasteiger partial charge in [0.2, 0.25) is 10.0 Å². The Morgan fingerprint density at radius 2 is 1.63 bits per heavy atom. The number of nitrogens with zero attached hydrogens (tertiary/aromatic N) is 3. The van der Waals surface area contributed by atoms with Crippen molar-refractivity contribution in [3.05, 3.63) is 76.9 Å². The highest BCUT2D eigenvalue weighted by atomic mass is 32.2. The molecule has 0 spiro atoms. The molecule has 1 aliphatic heterocycles. The van der Waals surface area contributed by atoms with Crippen molar-refractivity contribution in [3.63, 3.8) is 0 Å². The van der Waals surface area contributed by atoms with Crippen LogP contribution >= 0.6 is 11.3 Å². The third-order valence-electron chi connectivity index (χ3n) is 6.46. The number of nitrogens with one attached hydrogen (secondary N) is 1. The van der Waals surface area contributed by atoms with Gasteiger partial charge in [0.1, 0.15) is 10.0 Å². The molecule has 1 aromatic heterocycles. The molecule has 0 saturated carbocycles. The molecule has 3 aromatic rings. The van der Waals surface area contributed by atoms with Crippen LogP contribution in [0.1, 0.15) is 23.4 Å². The zero-order valence-corrected chi connectivity index (χ0v) is 22.1. The molecule has 2 heterocycles. The van der Waals surface area contributed by atoms with Gasteiger partial charge in [-0.1, -0.05) is 19.1 Å². The third kappa shape index (κ3) is 6.22. The first-order valence-corrected chi connectivity index (χ1v) is 14.2. The van der Waals surface area contributed by atoms with Crippen molar-refractivity contribution >= 4 is 32.7 Å². The number of benzene rings is 2. The smallest absolute Gasteiger partial charge is 0.250 e. The number of anilines is 2. The number of hydrogen-bond acceptors (Lipinski definition) is 6. The van der Waals surface area contributed by atoms with Gasteiger partial charge in [-0.25, -0.2) is 17.5 Å². The van der Waals surface area contributed by atoms with Crippen LogP contribution in [-0.2, 0) is 16.4 Å². The largest absolute Gasteiger partial charge is 0.378 e. The normalized spacial score (nSPS) is 15.8. The maximum Gasteiger partial charge on any atom is 0.250 e. The van der Waals surface area contributed by atoms with Gasteiger partial charge in [0.05, 0.1) is 0 Å². The Bertz CT molecular complexity index is 1200. The molecule has 9 heteroatoms. The SMILES string of the molecule is CCc1ccc(S(=O)(=O)NCC(c2ccc(N(C)C)cc2)N2CCN(c3ccc(F)cc3)CC2)s1. The molecule has 1 fully saturated rings. The minimum Gasteiger partial charge on any atom is -0.378 e. The van der Waals surface area contributed by atoms with Gasteiger partial charge in [-0.15, -0.1) is 11.3 Å². The number of aryl methyl sites for hydroxylation is 1. The minimum absolute atomic E-state index is 0.0954. The maximum absolute atomic E-state index is 13.3. The Morgan fingerprint density at radius 1 is 0.971 bits per heavy atom. The quantitative estimate of drug-likeness (QED) is 0.458. The van der Waals surface area contributed by atoms with E-state index in [0.29, 0.717) is 10.8 Å². The number of rotatable bonds is 9. The van der Waals surface area contributed by atoms with E-state index in [0.717, 1.165) is 54.4 Å². The Kier molecular flexibility index (Phi) is 8.11. The van der Waals surface area contributed by atoms with Gasteiger partial charge in [-0.2, -0.15) is 0 Å². The van der Waals surface area contributed by atoms with Crippen LogP contribution in [-0.4, -0.2) is 60.1 Å². The van der Waals surface area contributed by atoms with E-state index >= 15 is 0 Å². The monoisotopic (exact) mass is 516 g/mol. The Labute approximate surface area is 212 Å². The van der Waals surface area contributed by atoms with E-state index in [1.54, 1.807) is 6.07 Å². The molecule has 6 nitrogen and oxygen atoms in total. The summed E-state index contributed by atoms with van der Waals surface area (Å²) in [6, 6.07) is 18.4. The average molecular weight is 517 g/mol. The van der Waals surface area contributed by atoms with E-state index in [1.807, 2.05) is 44.1 Å². The van der Waals surface area contributed by atoms with Crippen LogP contribution in [0.4, 0.5) is 15.8 Å². The number of hydrogen-bond donors (Lipinski definition) is 1. The summed E-state index contributed by atoms with van der Waals surface area (Å²) in [6.07, 6.45) is 0.819. The van der Waals surface area contributed by atoms with Gasteiger partial charge >= 0.3 is 0 Å². The third-order valence-corrected chi connectivity index (χ3v) is 9.60. The molecule has 1 atom stereocenters. The summed E-state index contributed by atoms with van der Waals surface area (Å²) in [5.74, 6) is -0.238. The summed E-state index contributed by atoms with van der Waals surface area (Å²) in [5, 5.41) is 0. The summed E-state index contributed by atoms with van der Waals surface area (Å²) in [4.78, 5) is 7.67. The van der Waals surface area contributed by atoms with Gasteiger partial charge < -0.3 is 9.80 Å². The standard InChI is InChI=1S/C26H33FN4O2S2/c1-4-24-13-14-26(34-24)35(32,33)28-19-25(20-5-9-22(10-6-20)29(2)3)31-17-15-30(16-18-31)23-11-7-21(27)8-12-23/h5-14,25,28H,4,15-19H2,1-3H3. The summed E-state index contributed by atoms with van der Waals surface area (Å²) in [5.41, 5.74) is 3.18. The highest BCUT2D eigenvalue weighted by Crippen LogP contribution is 2.27. The Hall–Kier alpha value is -2.46. The first-order chi connectivity index (χ1) is 16.8. The van der Waals surface area contributed by atoms with Crippen LogP contribution in [0.15, 0.2) is 64.9 Å². The second-order valence-corrected chi connectivity index (χ2v) is 12.1. The first kappa shape index (κ1) is 25.6. The van der Waals surface area contributed by atoms with E-state index in [2.05, 4.69) is 38.8 Å². The summed E-state index contributed by atoms with van der Waals surface area (Å²) in [6.45, 7) is 5.44. The molecular formula is C26H33FN4O2S2. The maximum atomic E-state index is 13.3. The van der Waals surface area contributed by atoms with Crippen LogP contribution in [0.2, 0.25) is 0 Å². The molecule has 0 bridgehead atoms. The summed E-state index contributed by atoms with van der Waals surface area (Å²) < 4.78 is 42.6. The molecule has 4 rings (SSSR count). The Morgan fingerprint density at radius 3 is 2.20 bits per heavy atom. The van der Waals surface area contributed by atoms with Crippen LogP contribution in [0.25, 0.3) is 0 Å². The van der Waals surface area contributed by atoms with E-state index in [-0.39, 0.29) is 11.9 Å². The molecule has 1 unspecified atom stereocenters. The van der Waals surface area contributed by atoms with Crippen molar-refractivity contribution in [2.75, 3.05) is 56.6 Å². The number of sulfonamides is 1. The fourth-order valence-electron chi connectivity index (χ4n) is 4.35. The van der Waals surface area contributed by atoms with Gasteiger partial charge in [0.15, 0.2) is 0 Å². The van der Waals surface area contributed by atoms with Crippen LogP contribution in [0.3, 0.4) is 0 Å². The summed E-state index contributed by atoms with van der Waals surface area (Å²) >= 11 is 1.32. The number of thiophene rings is 1. The second-order valence-electron chi connectivity index (χ2n) is 8.93. The second kappa shape index (κ2) is 11.1. The lowest BCUT2D eigenvalue weighted by Gasteiger charge is -2.40. The van der Waals surface area contributed by atoms with Crippen molar-refractivity contribution in [3.8, 4) is 0 Å². The fourth-order valence-corrected chi connectivity index (χ4v) is 6.73. The highest BCUT2D eigenvalue weighted by molar-refractivity contribution is 7.91. The average Bonchev–Trinajstić information content (AvgIpc) is 3.36. The zero-order chi connectivity index (χ0) is 25.0. The number of halogens is 1. The van der Waals surface area contributed by atoms with Gasteiger partial charge in [0, 0.05) is 69.1 Å². The molecule has 188 valence electrons. The van der Waals surface area contributed by atoms with Crippen LogP contribution in [0.5, 0.6) is 0 Å². The van der Waals surface area contributed by atoms with Crippen molar-refractivity contribution < 1.29 is 12.8 Å². The van der Waals surface area contributed by atoms with E-state index in [4.69, 9.17) is 0 Å². The van der Waals surface area contributed by atoms with Gasteiger partial charge in [-0.05, 0) is 60.5 Å². The molecule has 1 aliphatic rings. The van der Waals surface area contributed by atoms with Crippen molar-refractivity contribution in [2.24, 2.45) is 0 Å². The molecule has 0 radical (unpaired) electrons. The molecular weight excluding hydrogens is 483 g/mol. The van der Waals surface area contributed by atoms with Crippen molar-refractivity contribution in [2.45, 2.75) is 23.6 Å². The Balaban J connectivity index is 1.51. The molecule has 1 saturated heterocycles. The lowest BCUT2D eigenvalue weighted by molar-refractivity contribution is 0.187.